The number of pyridine rings is 1. The number of hydrogen-bond acceptors (Lipinski definition) is 3. The number of aromatic nitrogens is 1. The Balaban J connectivity index is 1.92. The van der Waals surface area contributed by atoms with Gasteiger partial charge in [-0.3, -0.25) is 4.98 Å². The molecule has 3 heterocycles. The summed E-state index contributed by atoms with van der Waals surface area (Å²) in [6, 6.07) is 2.12. The Labute approximate surface area is 115 Å². The summed E-state index contributed by atoms with van der Waals surface area (Å²) in [6.45, 7) is 8.82. The van der Waals surface area contributed by atoms with Crippen LogP contribution in [0, 0.1) is 5.41 Å². The fraction of sp³-hybridized carbons (Fsp3) is 0.688. The summed E-state index contributed by atoms with van der Waals surface area (Å²) < 4.78 is 6.43. The van der Waals surface area contributed by atoms with E-state index in [0.717, 1.165) is 50.2 Å². The molecule has 3 rings (SSSR count). The van der Waals surface area contributed by atoms with Gasteiger partial charge >= 0.3 is 0 Å². The third kappa shape index (κ3) is 2.62. The highest BCUT2D eigenvalue weighted by Crippen LogP contribution is 2.39. The average molecular weight is 260 g/mol. The summed E-state index contributed by atoms with van der Waals surface area (Å²) in [4.78, 5) is 4.59. The van der Waals surface area contributed by atoms with E-state index < -0.39 is 0 Å². The minimum absolute atomic E-state index is 0.0304. The van der Waals surface area contributed by atoms with Crippen LogP contribution in [-0.2, 0) is 12.8 Å². The molecular formula is C16H24N2O. The summed E-state index contributed by atoms with van der Waals surface area (Å²) in [7, 11) is 0. The minimum Gasteiger partial charge on any atom is -0.484 e. The van der Waals surface area contributed by atoms with Gasteiger partial charge in [0.05, 0.1) is 5.69 Å². The molecule has 1 unspecified atom stereocenters. The summed E-state index contributed by atoms with van der Waals surface area (Å²) in [5, 5.41) is 3.44. The van der Waals surface area contributed by atoms with Gasteiger partial charge in [-0.2, -0.15) is 0 Å². The van der Waals surface area contributed by atoms with Crippen LogP contribution in [-0.4, -0.2) is 23.7 Å². The number of rotatable bonds is 1. The molecule has 104 valence electrons. The van der Waals surface area contributed by atoms with Crippen molar-refractivity contribution in [1.29, 1.82) is 0 Å². The molecule has 1 atom stereocenters. The van der Waals surface area contributed by atoms with Gasteiger partial charge in [0.25, 0.3) is 0 Å². The molecule has 3 nitrogen and oxygen atoms in total. The first-order chi connectivity index (χ1) is 8.98. The van der Waals surface area contributed by atoms with Crippen LogP contribution in [0.2, 0.25) is 0 Å². The molecule has 1 saturated heterocycles. The van der Waals surface area contributed by atoms with Crippen LogP contribution < -0.4 is 10.1 Å². The van der Waals surface area contributed by atoms with Crippen LogP contribution >= 0.6 is 0 Å². The molecule has 1 aromatic rings. The van der Waals surface area contributed by atoms with Crippen molar-refractivity contribution >= 4 is 0 Å². The Bertz CT molecular complexity index is 470. The monoisotopic (exact) mass is 260 g/mol. The molecule has 1 aromatic heterocycles. The van der Waals surface area contributed by atoms with Crippen molar-refractivity contribution in [1.82, 2.24) is 10.3 Å². The first-order valence-electron chi connectivity index (χ1n) is 7.34. The SMILES string of the molecule is CC(C)(C)Cc1nccc2c1OC1(CCNC1)CC2. The number of hydrogen-bond donors (Lipinski definition) is 1. The van der Waals surface area contributed by atoms with E-state index in [9.17, 15) is 0 Å². The van der Waals surface area contributed by atoms with Gasteiger partial charge in [0, 0.05) is 19.2 Å². The van der Waals surface area contributed by atoms with E-state index in [0.29, 0.717) is 0 Å². The molecule has 0 aromatic carbocycles. The zero-order valence-corrected chi connectivity index (χ0v) is 12.3. The highest BCUT2D eigenvalue weighted by atomic mass is 16.5. The molecule has 1 spiro atoms. The third-order valence-corrected chi connectivity index (χ3v) is 4.13. The maximum absolute atomic E-state index is 6.43. The first-order valence-corrected chi connectivity index (χ1v) is 7.34. The maximum atomic E-state index is 6.43. The molecule has 2 aliphatic rings. The lowest BCUT2D eigenvalue weighted by Crippen LogP contribution is -2.42. The largest absolute Gasteiger partial charge is 0.484 e. The number of nitrogens with zero attached hydrogens (tertiary/aromatic N) is 1. The quantitative estimate of drug-likeness (QED) is 0.843. The molecule has 1 N–H and O–H groups in total. The van der Waals surface area contributed by atoms with E-state index in [1.807, 2.05) is 6.20 Å². The van der Waals surface area contributed by atoms with Crippen molar-refractivity contribution in [3.63, 3.8) is 0 Å². The standard InChI is InChI=1S/C16H24N2O/c1-15(2,3)10-13-14-12(5-8-18-13)4-6-16(19-14)7-9-17-11-16/h5,8,17H,4,6-7,9-11H2,1-3H3. The third-order valence-electron chi connectivity index (χ3n) is 4.13. The van der Waals surface area contributed by atoms with Gasteiger partial charge in [-0.1, -0.05) is 20.8 Å². The Kier molecular flexibility index (Phi) is 3.05. The van der Waals surface area contributed by atoms with Gasteiger partial charge in [-0.25, -0.2) is 0 Å². The van der Waals surface area contributed by atoms with Crippen LogP contribution in [0.15, 0.2) is 12.3 Å². The van der Waals surface area contributed by atoms with Crippen molar-refractivity contribution in [3.8, 4) is 5.75 Å². The number of aryl methyl sites for hydroxylation is 1. The van der Waals surface area contributed by atoms with E-state index >= 15 is 0 Å². The second kappa shape index (κ2) is 4.48. The molecular weight excluding hydrogens is 236 g/mol. The van der Waals surface area contributed by atoms with E-state index in [2.05, 4.69) is 37.1 Å². The fourth-order valence-corrected chi connectivity index (χ4v) is 3.14. The van der Waals surface area contributed by atoms with Crippen LogP contribution in [0.5, 0.6) is 5.75 Å². The van der Waals surface area contributed by atoms with Crippen LogP contribution in [0.25, 0.3) is 0 Å². The zero-order chi connectivity index (χ0) is 13.5. The van der Waals surface area contributed by atoms with E-state index in [-0.39, 0.29) is 11.0 Å². The predicted molar refractivity (Wildman–Crippen MR) is 76.6 cm³/mol. The van der Waals surface area contributed by atoms with E-state index in [1.165, 1.54) is 5.56 Å². The maximum Gasteiger partial charge on any atom is 0.144 e. The van der Waals surface area contributed by atoms with Gasteiger partial charge < -0.3 is 10.1 Å². The summed E-state index contributed by atoms with van der Waals surface area (Å²) in [6.07, 6.45) is 6.28. The first kappa shape index (κ1) is 12.9. The topological polar surface area (TPSA) is 34.1 Å². The molecule has 0 bridgehead atoms. The minimum atomic E-state index is 0.0304. The van der Waals surface area contributed by atoms with Crippen LogP contribution in [0.3, 0.4) is 0 Å². The van der Waals surface area contributed by atoms with Crippen molar-refractivity contribution in [3.05, 3.63) is 23.5 Å². The second-order valence-corrected chi connectivity index (χ2v) is 7.20. The average Bonchev–Trinajstić information content (AvgIpc) is 2.77. The molecule has 0 radical (unpaired) electrons. The molecule has 2 aliphatic heterocycles. The van der Waals surface area contributed by atoms with Crippen molar-refractivity contribution in [2.45, 2.75) is 52.1 Å². The summed E-state index contributed by atoms with van der Waals surface area (Å²) in [5.74, 6) is 1.08. The number of ether oxygens (including phenoxy) is 1. The van der Waals surface area contributed by atoms with Crippen molar-refractivity contribution < 1.29 is 4.74 Å². The van der Waals surface area contributed by atoms with Crippen LogP contribution in [0.1, 0.15) is 44.9 Å². The van der Waals surface area contributed by atoms with Crippen molar-refractivity contribution in [2.24, 2.45) is 5.41 Å². The van der Waals surface area contributed by atoms with E-state index in [4.69, 9.17) is 4.74 Å². The van der Waals surface area contributed by atoms with Gasteiger partial charge in [0.15, 0.2) is 0 Å². The molecule has 19 heavy (non-hydrogen) atoms. The van der Waals surface area contributed by atoms with Crippen LogP contribution in [0.4, 0.5) is 0 Å². The van der Waals surface area contributed by atoms with Gasteiger partial charge in [-0.05, 0) is 42.9 Å². The van der Waals surface area contributed by atoms with Gasteiger partial charge in [-0.15, -0.1) is 0 Å². The summed E-state index contributed by atoms with van der Waals surface area (Å²) in [5.41, 5.74) is 2.75. The zero-order valence-electron chi connectivity index (χ0n) is 12.3. The molecule has 1 fully saturated rings. The van der Waals surface area contributed by atoms with Gasteiger partial charge in [0.2, 0.25) is 0 Å². The lowest BCUT2D eigenvalue weighted by atomic mass is 9.86. The normalized spacial score (nSPS) is 26.3. The fourth-order valence-electron chi connectivity index (χ4n) is 3.14. The Morgan fingerprint density at radius 2 is 2.21 bits per heavy atom. The Morgan fingerprint density at radius 3 is 2.89 bits per heavy atom. The van der Waals surface area contributed by atoms with Crippen molar-refractivity contribution in [2.75, 3.05) is 13.1 Å². The number of fused-ring (bicyclic) bond motifs is 1. The highest BCUT2D eigenvalue weighted by molar-refractivity contribution is 5.40. The Hall–Kier alpha value is -1.09. The molecule has 0 amide bonds. The highest BCUT2D eigenvalue weighted by Gasteiger charge is 2.40. The smallest absolute Gasteiger partial charge is 0.144 e. The second-order valence-electron chi connectivity index (χ2n) is 7.20. The lowest BCUT2D eigenvalue weighted by molar-refractivity contribution is 0.0638. The van der Waals surface area contributed by atoms with Gasteiger partial charge in [0.1, 0.15) is 11.4 Å². The summed E-state index contributed by atoms with van der Waals surface area (Å²) >= 11 is 0. The van der Waals surface area contributed by atoms with E-state index in [1.54, 1.807) is 0 Å². The Morgan fingerprint density at radius 1 is 1.37 bits per heavy atom. The lowest BCUT2D eigenvalue weighted by Gasteiger charge is -2.36. The molecule has 3 heteroatoms. The molecule has 0 saturated carbocycles. The predicted octanol–water partition coefficient (Wildman–Crippen LogP) is 2.73. The molecule has 0 aliphatic carbocycles. The number of nitrogens with one attached hydrogen (secondary N) is 1.